The number of hydrogen-bond acceptors (Lipinski definition) is 5. The molecule has 2 amide bonds. The average molecular weight is 526 g/mol. The number of amides is 2. The van der Waals surface area contributed by atoms with Gasteiger partial charge in [-0.25, -0.2) is 4.39 Å². The number of aromatic nitrogens is 1. The highest BCUT2D eigenvalue weighted by atomic mass is 35.5. The van der Waals surface area contributed by atoms with Crippen molar-refractivity contribution in [3.63, 3.8) is 0 Å². The summed E-state index contributed by atoms with van der Waals surface area (Å²) < 4.78 is 27.9. The Kier molecular flexibility index (Phi) is 7.10. The first-order valence-corrected chi connectivity index (χ1v) is 12.3. The van der Waals surface area contributed by atoms with Crippen molar-refractivity contribution in [1.82, 2.24) is 4.57 Å². The first-order valence-electron chi connectivity index (χ1n) is 11.9. The summed E-state index contributed by atoms with van der Waals surface area (Å²) in [7, 11) is 0. The number of carbonyl (C=O) groups is 2. The van der Waals surface area contributed by atoms with Crippen LogP contribution in [0.25, 0.3) is 5.69 Å². The molecule has 37 heavy (non-hydrogen) atoms. The van der Waals surface area contributed by atoms with E-state index < -0.39 is 29.2 Å². The zero-order valence-electron chi connectivity index (χ0n) is 19.8. The molecular weight excluding hydrogens is 501 g/mol. The summed E-state index contributed by atoms with van der Waals surface area (Å²) >= 11 is 5.94. The van der Waals surface area contributed by atoms with E-state index in [9.17, 15) is 18.8 Å². The highest BCUT2D eigenvalue weighted by Crippen LogP contribution is 2.44. The van der Waals surface area contributed by atoms with E-state index in [0.717, 1.165) is 0 Å². The third-order valence-corrected chi connectivity index (χ3v) is 7.02. The van der Waals surface area contributed by atoms with E-state index >= 15 is 0 Å². The van der Waals surface area contributed by atoms with E-state index in [4.69, 9.17) is 21.1 Å². The van der Waals surface area contributed by atoms with Gasteiger partial charge in [0.2, 0.25) is 11.8 Å². The topological polar surface area (TPSA) is 98.7 Å². The SMILES string of the molecule is O=C(Nc1ccc(Cl)cc1)[C@H]1CC2(COCCO2)C[C@@H]1C(=O)Nc1ccc(-n2ccccc2=O)cc1F. The lowest BCUT2D eigenvalue weighted by molar-refractivity contribution is -0.157. The standard InChI is InChI=1S/C27H25ClFN3O5/c28-17-4-6-18(7-5-17)30-25(34)20-14-27(16-36-11-12-37-27)15-21(20)26(35)31-23-9-8-19(13-22(23)29)32-10-2-1-3-24(32)33/h1-10,13,20-21H,11-12,14-16H2,(H,30,34)(H,31,35)/t20-,21-,27?/m0/s1. The van der Waals surface area contributed by atoms with Gasteiger partial charge < -0.3 is 20.1 Å². The van der Waals surface area contributed by atoms with Gasteiger partial charge in [-0.2, -0.15) is 0 Å². The van der Waals surface area contributed by atoms with Gasteiger partial charge in [0, 0.05) is 29.0 Å². The number of halogens is 2. The van der Waals surface area contributed by atoms with Crippen molar-refractivity contribution < 1.29 is 23.5 Å². The fourth-order valence-corrected chi connectivity index (χ4v) is 5.09. The number of pyridine rings is 1. The summed E-state index contributed by atoms with van der Waals surface area (Å²) in [5, 5.41) is 6.01. The third kappa shape index (κ3) is 5.44. The van der Waals surface area contributed by atoms with Crippen LogP contribution in [-0.4, -0.2) is 41.8 Å². The smallest absolute Gasteiger partial charge is 0.255 e. The van der Waals surface area contributed by atoms with Crippen LogP contribution in [0.1, 0.15) is 12.8 Å². The molecule has 3 aromatic rings. The number of rotatable bonds is 5. The Balaban J connectivity index is 1.36. The maximum Gasteiger partial charge on any atom is 0.255 e. The lowest BCUT2D eigenvalue weighted by Crippen LogP contribution is -2.41. The Bertz CT molecular complexity index is 1370. The summed E-state index contributed by atoms with van der Waals surface area (Å²) in [6.07, 6.45) is 2.09. The van der Waals surface area contributed by atoms with Gasteiger partial charge in [0.1, 0.15) is 5.82 Å². The van der Waals surface area contributed by atoms with Crippen molar-refractivity contribution in [1.29, 1.82) is 0 Å². The first kappa shape index (κ1) is 25.1. The molecule has 1 unspecified atom stereocenters. The number of ether oxygens (including phenoxy) is 2. The molecule has 8 nitrogen and oxygen atoms in total. The summed E-state index contributed by atoms with van der Waals surface area (Å²) in [5.41, 5.74) is -0.239. The van der Waals surface area contributed by atoms with Crippen LogP contribution < -0.4 is 16.2 Å². The summed E-state index contributed by atoms with van der Waals surface area (Å²) in [6.45, 7) is 1.09. The Morgan fingerprint density at radius 3 is 2.35 bits per heavy atom. The summed E-state index contributed by atoms with van der Waals surface area (Å²) in [5.74, 6) is -3.03. The van der Waals surface area contributed by atoms with E-state index in [1.807, 2.05) is 0 Å². The largest absolute Gasteiger partial charge is 0.376 e. The molecule has 1 saturated carbocycles. The van der Waals surface area contributed by atoms with Crippen LogP contribution in [-0.2, 0) is 19.1 Å². The maximum atomic E-state index is 15.0. The van der Waals surface area contributed by atoms with Gasteiger partial charge in [0.15, 0.2) is 0 Å². The predicted octanol–water partition coefficient (Wildman–Crippen LogP) is 4.02. The molecule has 2 aliphatic rings. The third-order valence-electron chi connectivity index (χ3n) is 6.77. The lowest BCUT2D eigenvalue weighted by atomic mass is 9.94. The Morgan fingerprint density at radius 2 is 1.70 bits per heavy atom. The Labute approximate surface area is 217 Å². The number of hydrogen-bond donors (Lipinski definition) is 2. The molecule has 2 fully saturated rings. The molecule has 0 radical (unpaired) electrons. The molecule has 2 heterocycles. The second kappa shape index (κ2) is 10.5. The molecule has 0 bridgehead atoms. The molecule has 10 heteroatoms. The molecule has 1 saturated heterocycles. The molecular formula is C27H25ClFN3O5. The first-order chi connectivity index (χ1) is 17.8. The van der Waals surface area contributed by atoms with Crippen molar-refractivity contribution in [3.8, 4) is 5.69 Å². The monoisotopic (exact) mass is 525 g/mol. The molecule has 5 rings (SSSR count). The number of carbonyl (C=O) groups excluding carboxylic acids is 2. The van der Waals surface area contributed by atoms with E-state index in [0.29, 0.717) is 36.0 Å². The molecule has 3 atom stereocenters. The average Bonchev–Trinajstić information content (AvgIpc) is 3.26. The van der Waals surface area contributed by atoms with E-state index in [1.165, 1.54) is 29.0 Å². The molecule has 2 N–H and O–H groups in total. The molecule has 1 spiro atoms. The molecule has 1 aliphatic carbocycles. The van der Waals surface area contributed by atoms with Gasteiger partial charge in [-0.15, -0.1) is 0 Å². The van der Waals surface area contributed by atoms with Crippen LogP contribution in [0.3, 0.4) is 0 Å². The van der Waals surface area contributed by atoms with Gasteiger partial charge in [-0.05, 0) is 55.3 Å². The van der Waals surface area contributed by atoms with E-state index in [2.05, 4.69) is 10.6 Å². The second-order valence-corrected chi connectivity index (χ2v) is 9.70. The van der Waals surface area contributed by atoms with Crippen molar-refractivity contribution in [2.45, 2.75) is 18.4 Å². The van der Waals surface area contributed by atoms with Crippen LogP contribution in [0.2, 0.25) is 5.02 Å². The number of nitrogens with zero attached hydrogens (tertiary/aromatic N) is 1. The van der Waals surface area contributed by atoms with Crippen LogP contribution in [0.5, 0.6) is 0 Å². The van der Waals surface area contributed by atoms with Crippen LogP contribution >= 0.6 is 11.6 Å². The minimum atomic E-state index is -0.773. The number of nitrogens with one attached hydrogen (secondary N) is 2. The number of anilines is 2. The zero-order valence-corrected chi connectivity index (χ0v) is 20.5. The predicted molar refractivity (Wildman–Crippen MR) is 136 cm³/mol. The zero-order chi connectivity index (χ0) is 26.0. The summed E-state index contributed by atoms with van der Waals surface area (Å²) in [6, 6.07) is 15.4. The van der Waals surface area contributed by atoms with Crippen LogP contribution in [0.15, 0.2) is 71.7 Å². The summed E-state index contributed by atoms with van der Waals surface area (Å²) in [4.78, 5) is 38.7. The quantitative estimate of drug-likeness (QED) is 0.524. The maximum absolute atomic E-state index is 15.0. The van der Waals surface area contributed by atoms with Crippen LogP contribution in [0.4, 0.5) is 15.8 Å². The van der Waals surface area contributed by atoms with Crippen molar-refractivity contribution in [2.24, 2.45) is 11.8 Å². The van der Waals surface area contributed by atoms with Gasteiger partial charge in [-0.1, -0.05) is 17.7 Å². The van der Waals surface area contributed by atoms with Gasteiger partial charge in [0.25, 0.3) is 5.56 Å². The molecule has 2 aromatic carbocycles. The van der Waals surface area contributed by atoms with Crippen molar-refractivity contribution in [3.05, 3.63) is 88.1 Å². The minimum absolute atomic E-state index is 0.0450. The lowest BCUT2D eigenvalue weighted by Gasteiger charge is -2.33. The van der Waals surface area contributed by atoms with Crippen molar-refractivity contribution in [2.75, 3.05) is 30.5 Å². The van der Waals surface area contributed by atoms with E-state index in [1.54, 1.807) is 42.5 Å². The van der Waals surface area contributed by atoms with Gasteiger partial charge in [-0.3, -0.25) is 19.0 Å². The molecule has 1 aliphatic heterocycles. The Morgan fingerprint density at radius 1 is 0.973 bits per heavy atom. The Hall–Kier alpha value is -3.53. The van der Waals surface area contributed by atoms with Gasteiger partial charge >= 0.3 is 0 Å². The van der Waals surface area contributed by atoms with Gasteiger partial charge in [0.05, 0.1) is 48.6 Å². The van der Waals surface area contributed by atoms with E-state index in [-0.39, 0.29) is 30.2 Å². The van der Waals surface area contributed by atoms with Crippen LogP contribution in [0, 0.1) is 17.7 Å². The number of benzene rings is 2. The second-order valence-electron chi connectivity index (χ2n) is 9.26. The minimum Gasteiger partial charge on any atom is -0.376 e. The highest BCUT2D eigenvalue weighted by Gasteiger charge is 2.52. The highest BCUT2D eigenvalue weighted by molar-refractivity contribution is 6.30. The van der Waals surface area contributed by atoms with Crippen molar-refractivity contribution >= 4 is 34.8 Å². The molecule has 1 aromatic heterocycles. The normalized spacial score (nSPS) is 23.1. The fourth-order valence-electron chi connectivity index (χ4n) is 4.96. The fraction of sp³-hybridized carbons (Fsp3) is 0.296. The molecule has 192 valence electrons.